The van der Waals surface area contributed by atoms with Crippen LogP contribution in [0.25, 0.3) is 0 Å². The molecule has 3 amide bonds. The monoisotopic (exact) mass is 393 g/mol. The number of hydrogen-bond acceptors (Lipinski definition) is 4. The van der Waals surface area contributed by atoms with Crippen molar-refractivity contribution in [1.29, 1.82) is 0 Å². The summed E-state index contributed by atoms with van der Waals surface area (Å²) in [7, 11) is 0. The molecule has 0 aromatic carbocycles. The molecule has 6 nitrogen and oxygen atoms in total. The number of piperidine rings is 1. The number of amides is 3. The van der Waals surface area contributed by atoms with Gasteiger partial charge in [0.1, 0.15) is 0 Å². The van der Waals surface area contributed by atoms with E-state index in [-0.39, 0.29) is 29.7 Å². The third kappa shape index (κ3) is 6.65. The Morgan fingerprint density at radius 1 is 1.22 bits per heavy atom. The van der Waals surface area contributed by atoms with Gasteiger partial charge in [0.25, 0.3) is 5.91 Å². The largest absolute Gasteiger partial charge is 0.353 e. The van der Waals surface area contributed by atoms with Crippen molar-refractivity contribution in [1.82, 2.24) is 15.5 Å². The van der Waals surface area contributed by atoms with Crippen molar-refractivity contribution in [2.24, 2.45) is 11.8 Å². The van der Waals surface area contributed by atoms with E-state index in [1.54, 1.807) is 6.07 Å². The Bertz CT molecular complexity index is 622. The van der Waals surface area contributed by atoms with Crippen LogP contribution in [0.3, 0.4) is 0 Å². The highest BCUT2D eigenvalue weighted by Crippen LogP contribution is 2.19. The molecule has 0 aliphatic carbocycles. The van der Waals surface area contributed by atoms with Crippen LogP contribution in [0.15, 0.2) is 17.5 Å². The van der Waals surface area contributed by atoms with Gasteiger partial charge in [-0.25, -0.2) is 0 Å². The van der Waals surface area contributed by atoms with Crippen molar-refractivity contribution in [3.8, 4) is 0 Å². The SMILES string of the molecule is CC(C)C(C)NC(=O)C1CCN(C(=O)CCCNC(=O)c2cccs2)CC1. The van der Waals surface area contributed by atoms with Gasteiger partial charge in [-0.05, 0) is 43.6 Å². The lowest BCUT2D eigenvalue weighted by molar-refractivity contribution is -0.136. The van der Waals surface area contributed by atoms with Crippen molar-refractivity contribution in [3.63, 3.8) is 0 Å². The van der Waals surface area contributed by atoms with Crippen LogP contribution in [0.4, 0.5) is 0 Å². The predicted octanol–water partition coefficient (Wildman–Crippen LogP) is 2.66. The van der Waals surface area contributed by atoms with Crippen LogP contribution >= 0.6 is 11.3 Å². The predicted molar refractivity (Wildman–Crippen MR) is 108 cm³/mol. The van der Waals surface area contributed by atoms with E-state index in [2.05, 4.69) is 24.5 Å². The molecule has 1 fully saturated rings. The molecule has 1 aliphatic heterocycles. The Kier molecular flexibility index (Phi) is 8.28. The molecule has 2 N–H and O–H groups in total. The molecule has 27 heavy (non-hydrogen) atoms. The topological polar surface area (TPSA) is 78.5 Å². The minimum Gasteiger partial charge on any atom is -0.353 e. The van der Waals surface area contributed by atoms with E-state index in [0.717, 1.165) is 12.8 Å². The van der Waals surface area contributed by atoms with Gasteiger partial charge >= 0.3 is 0 Å². The molecule has 1 aliphatic rings. The van der Waals surface area contributed by atoms with Gasteiger partial charge in [-0.1, -0.05) is 19.9 Å². The second-order valence-corrected chi connectivity index (χ2v) is 8.48. The van der Waals surface area contributed by atoms with Gasteiger partial charge in [-0.2, -0.15) is 0 Å². The maximum atomic E-state index is 12.3. The highest BCUT2D eigenvalue weighted by molar-refractivity contribution is 7.12. The van der Waals surface area contributed by atoms with Gasteiger partial charge in [0.05, 0.1) is 4.88 Å². The summed E-state index contributed by atoms with van der Waals surface area (Å²) in [5.74, 6) is 0.547. The number of nitrogens with zero attached hydrogens (tertiary/aromatic N) is 1. The number of carbonyl (C=O) groups is 3. The molecule has 0 bridgehead atoms. The zero-order valence-corrected chi connectivity index (χ0v) is 17.3. The zero-order chi connectivity index (χ0) is 19.8. The fraction of sp³-hybridized carbons (Fsp3) is 0.650. The summed E-state index contributed by atoms with van der Waals surface area (Å²) in [4.78, 5) is 39.0. The molecule has 1 aromatic rings. The van der Waals surface area contributed by atoms with E-state index in [0.29, 0.717) is 43.3 Å². The second-order valence-electron chi connectivity index (χ2n) is 7.53. The van der Waals surface area contributed by atoms with E-state index in [1.165, 1.54) is 11.3 Å². The standard InChI is InChI=1S/C20H31N3O3S/c1-14(2)15(3)22-19(25)16-8-11-23(12-9-16)18(24)7-4-10-21-20(26)17-6-5-13-27-17/h5-6,13-16H,4,7-12H2,1-3H3,(H,21,26)(H,22,25). The lowest BCUT2D eigenvalue weighted by Gasteiger charge is -2.32. The van der Waals surface area contributed by atoms with Crippen LogP contribution in [0.1, 0.15) is 56.1 Å². The van der Waals surface area contributed by atoms with Gasteiger partial charge in [0.15, 0.2) is 0 Å². The fourth-order valence-corrected chi connectivity index (χ4v) is 3.63. The van der Waals surface area contributed by atoms with Gasteiger partial charge in [0, 0.05) is 38.0 Å². The smallest absolute Gasteiger partial charge is 0.261 e. The Morgan fingerprint density at radius 2 is 1.93 bits per heavy atom. The average Bonchev–Trinajstić information content (AvgIpc) is 3.19. The highest BCUT2D eigenvalue weighted by atomic mass is 32.1. The summed E-state index contributed by atoms with van der Waals surface area (Å²) in [6, 6.07) is 3.80. The zero-order valence-electron chi connectivity index (χ0n) is 16.5. The number of hydrogen-bond donors (Lipinski definition) is 2. The number of likely N-dealkylation sites (tertiary alicyclic amines) is 1. The Hall–Kier alpha value is -1.89. The first kappa shape index (κ1) is 21.4. The quantitative estimate of drug-likeness (QED) is 0.667. The van der Waals surface area contributed by atoms with E-state index in [4.69, 9.17) is 0 Å². The summed E-state index contributed by atoms with van der Waals surface area (Å²) in [5, 5.41) is 7.78. The van der Waals surface area contributed by atoms with Gasteiger partial charge < -0.3 is 15.5 Å². The number of thiophene rings is 1. The average molecular weight is 394 g/mol. The van der Waals surface area contributed by atoms with Gasteiger partial charge in [0.2, 0.25) is 11.8 Å². The van der Waals surface area contributed by atoms with Crippen molar-refractivity contribution < 1.29 is 14.4 Å². The molecule has 0 spiro atoms. The summed E-state index contributed by atoms with van der Waals surface area (Å²) in [6.45, 7) is 7.97. The van der Waals surface area contributed by atoms with Gasteiger partial charge in [-0.15, -0.1) is 11.3 Å². The number of nitrogens with one attached hydrogen (secondary N) is 2. The lowest BCUT2D eigenvalue weighted by atomic mass is 9.94. The first-order valence-electron chi connectivity index (χ1n) is 9.78. The third-order valence-corrected chi connectivity index (χ3v) is 6.05. The van der Waals surface area contributed by atoms with E-state index >= 15 is 0 Å². The van der Waals surface area contributed by atoms with Crippen LogP contribution in [-0.2, 0) is 9.59 Å². The first-order valence-corrected chi connectivity index (χ1v) is 10.7. The Morgan fingerprint density at radius 3 is 2.52 bits per heavy atom. The molecule has 2 rings (SSSR count). The van der Waals surface area contributed by atoms with Gasteiger partial charge in [-0.3, -0.25) is 14.4 Å². The summed E-state index contributed by atoms with van der Waals surface area (Å²) >= 11 is 1.41. The Labute approximate surface area is 165 Å². The summed E-state index contributed by atoms with van der Waals surface area (Å²) < 4.78 is 0. The highest BCUT2D eigenvalue weighted by Gasteiger charge is 2.28. The van der Waals surface area contributed by atoms with Crippen LogP contribution < -0.4 is 10.6 Å². The first-order chi connectivity index (χ1) is 12.9. The van der Waals surface area contributed by atoms with Crippen LogP contribution in [0.5, 0.6) is 0 Å². The second kappa shape index (κ2) is 10.4. The maximum absolute atomic E-state index is 12.3. The summed E-state index contributed by atoms with van der Waals surface area (Å²) in [6.07, 6.45) is 2.49. The molecule has 150 valence electrons. The minimum absolute atomic E-state index is 0.000309. The molecule has 1 atom stereocenters. The van der Waals surface area contributed by atoms with Crippen LogP contribution in [0, 0.1) is 11.8 Å². The molecule has 1 unspecified atom stereocenters. The van der Waals surface area contributed by atoms with Crippen molar-refractivity contribution >= 4 is 29.1 Å². The molecular formula is C20H31N3O3S. The van der Waals surface area contributed by atoms with Crippen molar-refractivity contribution in [2.75, 3.05) is 19.6 Å². The minimum atomic E-state index is -0.0834. The molecule has 0 radical (unpaired) electrons. The molecule has 7 heteroatoms. The molecular weight excluding hydrogens is 362 g/mol. The maximum Gasteiger partial charge on any atom is 0.261 e. The number of carbonyl (C=O) groups excluding carboxylic acids is 3. The molecule has 0 saturated carbocycles. The van der Waals surface area contributed by atoms with E-state index < -0.39 is 0 Å². The van der Waals surface area contributed by atoms with Crippen molar-refractivity contribution in [2.45, 2.75) is 52.5 Å². The van der Waals surface area contributed by atoms with Crippen LogP contribution in [-0.4, -0.2) is 48.3 Å². The van der Waals surface area contributed by atoms with Crippen LogP contribution in [0.2, 0.25) is 0 Å². The molecule has 1 saturated heterocycles. The number of rotatable bonds is 8. The lowest BCUT2D eigenvalue weighted by Crippen LogP contribution is -2.45. The summed E-state index contributed by atoms with van der Waals surface area (Å²) in [5.41, 5.74) is 0. The fourth-order valence-electron chi connectivity index (χ4n) is 2.99. The molecule has 2 heterocycles. The van der Waals surface area contributed by atoms with E-state index in [1.807, 2.05) is 23.3 Å². The Balaban J connectivity index is 1.63. The van der Waals surface area contributed by atoms with Crippen molar-refractivity contribution in [3.05, 3.63) is 22.4 Å². The van der Waals surface area contributed by atoms with E-state index in [9.17, 15) is 14.4 Å². The molecule has 1 aromatic heterocycles. The third-order valence-electron chi connectivity index (χ3n) is 5.19. The normalized spacial score (nSPS) is 16.2.